The predicted octanol–water partition coefficient (Wildman–Crippen LogP) is 4.26. The zero-order valence-corrected chi connectivity index (χ0v) is 19.1. The topological polar surface area (TPSA) is 77.7 Å². The SMILES string of the molecule is CC(C)c1ccc(-c2nc(CSc3nnc(C4CCS(=O)(=O)C4)n3C)cs2)cc1. The lowest BCUT2D eigenvalue weighted by Gasteiger charge is -2.07. The van der Waals surface area contributed by atoms with Gasteiger partial charge in [0, 0.05) is 29.7 Å². The standard InChI is InChI=1S/C20H24N4O2S3/c1-13(2)14-4-6-15(7-5-14)19-21-17(10-27-19)11-28-20-23-22-18(24(20)3)16-8-9-29(25,26)12-16/h4-7,10,13,16H,8-9,11-12H2,1-3H3. The number of sulfone groups is 1. The molecule has 2 aromatic heterocycles. The molecule has 1 aromatic carbocycles. The van der Waals surface area contributed by atoms with Gasteiger partial charge in [0.05, 0.1) is 17.2 Å². The molecule has 3 heterocycles. The lowest BCUT2D eigenvalue weighted by Crippen LogP contribution is -2.09. The Morgan fingerprint density at radius 3 is 2.66 bits per heavy atom. The molecule has 4 rings (SSSR count). The van der Waals surface area contributed by atoms with Gasteiger partial charge in [-0.1, -0.05) is 49.9 Å². The molecule has 1 unspecified atom stereocenters. The highest BCUT2D eigenvalue weighted by atomic mass is 32.2. The molecule has 0 N–H and O–H groups in total. The third-order valence-electron chi connectivity index (χ3n) is 5.19. The van der Waals surface area contributed by atoms with E-state index in [-0.39, 0.29) is 17.4 Å². The lowest BCUT2D eigenvalue weighted by molar-refractivity contribution is 0.599. The molecule has 0 amide bonds. The van der Waals surface area contributed by atoms with Crippen molar-refractivity contribution in [1.82, 2.24) is 19.7 Å². The van der Waals surface area contributed by atoms with Crippen LogP contribution in [-0.4, -0.2) is 39.7 Å². The summed E-state index contributed by atoms with van der Waals surface area (Å²) in [4.78, 5) is 4.76. The summed E-state index contributed by atoms with van der Waals surface area (Å²) in [7, 11) is -1.03. The smallest absolute Gasteiger partial charge is 0.191 e. The summed E-state index contributed by atoms with van der Waals surface area (Å²) >= 11 is 3.23. The average Bonchev–Trinajstić information content (AvgIpc) is 3.39. The maximum absolute atomic E-state index is 11.7. The van der Waals surface area contributed by atoms with Crippen LogP contribution in [0, 0.1) is 0 Å². The van der Waals surface area contributed by atoms with E-state index in [1.807, 2.05) is 11.6 Å². The average molecular weight is 449 g/mol. The molecule has 0 aliphatic carbocycles. The van der Waals surface area contributed by atoms with Crippen molar-refractivity contribution < 1.29 is 8.42 Å². The van der Waals surface area contributed by atoms with Crippen LogP contribution < -0.4 is 0 Å². The number of thioether (sulfide) groups is 1. The number of benzene rings is 1. The molecule has 9 heteroatoms. The van der Waals surface area contributed by atoms with Gasteiger partial charge < -0.3 is 4.57 Å². The highest BCUT2D eigenvalue weighted by molar-refractivity contribution is 7.98. The van der Waals surface area contributed by atoms with E-state index < -0.39 is 9.84 Å². The molecule has 0 spiro atoms. The fraction of sp³-hybridized carbons (Fsp3) is 0.450. The van der Waals surface area contributed by atoms with Crippen molar-refractivity contribution in [1.29, 1.82) is 0 Å². The molecule has 0 radical (unpaired) electrons. The van der Waals surface area contributed by atoms with Crippen molar-refractivity contribution in [2.45, 2.75) is 43.0 Å². The van der Waals surface area contributed by atoms with E-state index in [0.717, 1.165) is 27.2 Å². The molecule has 1 atom stereocenters. The van der Waals surface area contributed by atoms with Crippen LogP contribution in [0.25, 0.3) is 10.6 Å². The van der Waals surface area contributed by atoms with Crippen molar-refractivity contribution in [3.05, 3.63) is 46.7 Å². The first-order chi connectivity index (χ1) is 13.8. The lowest BCUT2D eigenvalue weighted by atomic mass is 10.0. The molecule has 0 bridgehead atoms. The van der Waals surface area contributed by atoms with Gasteiger partial charge in [-0.15, -0.1) is 21.5 Å². The van der Waals surface area contributed by atoms with Gasteiger partial charge >= 0.3 is 0 Å². The van der Waals surface area contributed by atoms with Crippen LogP contribution in [-0.2, 0) is 22.6 Å². The van der Waals surface area contributed by atoms with Crippen molar-refractivity contribution in [2.24, 2.45) is 7.05 Å². The number of hydrogen-bond donors (Lipinski definition) is 0. The van der Waals surface area contributed by atoms with E-state index in [0.29, 0.717) is 18.1 Å². The van der Waals surface area contributed by atoms with Gasteiger partial charge in [-0.05, 0) is 17.9 Å². The van der Waals surface area contributed by atoms with E-state index in [4.69, 9.17) is 4.98 Å². The molecular weight excluding hydrogens is 424 g/mol. The summed E-state index contributed by atoms with van der Waals surface area (Å²) in [5, 5.41) is 12.4. The van der Waals surface area contributed by atoms with E-state index >= 15 is 0 Å². The predicted molar refractivity (Wildman–Crippen MR) is 118 cm³/mol. The van der Waals surface area contributed by atoms with Crippen molar-refractivity contribution in [3.8, 4) is 10.6 Å². The van der Waals surface area contributed by atoms with E-state index in [1.54, 1.807) is 23.1 Å². The Labute approximate surface area is 179 Å². The largest absolute Gasteiger partial charge is 0.309 e. The van der Waals surface area contributed by atoms with Gasteiger partial charge in [0.2, 0.25) is 0 Å². The van der Waals surface area contributed by atoms with Gasteiger partial charge in [0.15, 0.2) is 15.0 Å². The fourth-order valence-corrected chi connectivity index (χ4v) is 6.94. The summed E-state index contributed by atoms with van der Waals surface area (Å²) < 4.78 is 25.4. The van der Waals surface area contributed by atoms with Gasteiger partial charge in [-0.3, -0.25) is 0 Å². The maximum Gasteiger partial charge on any atom is 0.191 e. The van der Waals surface area contributed by atoms with Crippen LogP contribution >= 0.6 is 23.1 Å². The summed E-state index contributed by atoms with van der Waals surface area (Å²) in [6.07, 6.45) is 0.629. The minimum atomic E-state index is -2.93. The summed E-state index contributed by atoms with van der Waals surface area (Å²) in [5.74, 6) is 2.36. The van der Waals surface area contributed by atoms with Gasteiger partial charge in [-0.25, -0.2) is 13.4 Å². The normalized spacial score (nSPS) is 18.6. The van der Waals surface area contributed by atoms with Gasteiger partial charge in [0.1, 0.15) is 10.8 Å². The highest BCUT2D eigenvalue weighted by Gasteiger charge is 2.32. The number of rotatable bonds is 6. The first kappa shape index (κ1) is 20.6. The molecular formula is C20H24N4O2S3. The summed E-state index contributed by atoms with van der Waals surface area (Å²) in [6.45, 7) is 4.38. The minimum absolute atomic E-state index is 0.0495. The highest BCUT2D eigenvalue weighted by Crippen LogP contribution is 2.31. The molecule has 1 aliphatic heterocycles. The molecule has 1 aliphatic rings. The quantitative estimate of drug-likeness (QED) is 0.525. The van der Waals surface area contributed by atoms with E-state index in [9.17, 15) is 8.42 Å². The second-order valence-electron chi connectivity index (χ2n) is 7.71. The molecule has 6 nitrogen and oxygen atoms in total. The Morgan fingerprint density at radius 1 is 1.24 bits per heavy atom. The maximum atomic E-state index is 11.7. The molecule has 0 saturated carbocycles. The number of thiazole rings is 1. The molecule has 1 saturated heterocycles. The van der Waals surface area contributed by atoms with E-state index in [2.05, 4.69) is 53.7 Å². The van der Waals surface area contributed by atoms with E-state index in [1.165, 1.54) is 5.56 Å². The molecule has 1 fully saturated rings. The zero-order valence-electron chi connectivity index (χ0n) is 16.7. The Bertz CT molecular complexity index is 1100. The van der Waals surface area contributed by atoms with Crippen LogP contribution in [0.2, 0.25) is 0 Å². The fourth-order valence-electron chi connectivity index (χ4n) is 3.46. The Balaban J connectivity index is 1.41. The second-order valence-corrected chi connectivity index (χ2v) is 11.7. The molecule has 3 aromatic rings. The number of hydrogen-bond acceptors (Lipinski definition) is 7. The molecule has 154 valence electrons. The van der Waals surface area contributed by atoms with Crippen LogP contribution in [0.5, 0.6) is 0 Å². The Morgan fingerprint density at radius 2 is 2.00 bits per heavy atom. The van der Waals surface area contributed by atoms with Crippen molar-refractivity contribution in [3.63, 3.8) is 0 Å². The summed E-state index contributed by atoms with van der Waals surface area (Å²) in [6, 6.07) is 8.60. The number of nitrogens with zero attached hydrogens (tertiary/aromatic N) is 4. The third kappa shape index (κ3) is 4.57. The number of aromatic nitrogens is 4. The monoisotopic (exact) mass is 448 g/mol. The van der Waals surface area contributed by atoms with Crippen molar-refractivity contribution in [2.75, 3.05) is 11.5 Å². The second kappa shape index (κ2) is 8.20. The van der Waals surface area contributed by atoms with Crippen LogP contribution in [0.15, 0.2) is 34.8 Å². The van der Waals surface area contributed by atoms with Crippen LogP contribution in [0.3, 0.4) is 0 Å². The van der Waals surface area contributed by atoms with Crippen LogP contribution in [0.1, 0.15) is 49.2 Å². The van der Waals surface area contributed by atoms with Crippen molar-refractivity contribution >= 4 is 32.9 Å². The Kier molecular flexibility index (Phi) is 5.81. The summed E-state index contributed by atoms with van der Waals surface area (Å²) in [5.41, 5.74) is 3.48. The van der Waals surface area contributed by atoms with Crippen LogP contribution in [0.4, 0.5) is 0 Å². The Hall–Kier alpha value is -1.71. The molecule has 29 heavy (non-hydrogen) atoms. The van der Waals surface area contributed by atoms with Gasteiger partial charge in [-0.2, -0.15) is 0 Å². The third-order valence-corrected chi connectivity index (χ3v) is 8.95. The minimum Gasteiger partial charge on any atom is -0.309 e. The zero-order chi connectivity index (χ0) is 20.6. The first-order valence-electron chi connectivity index (χ1n) is 9.59. The first-order valence-corrected chi connectivity index (χ1v) is 13.3. The van der Waals surface area contributed by atoms with Gasteiger partial charge in [0.25, 0.3) is 0 Å².